The molecule has 0 saturated heterocycles. The molecule has 0 aliphatic heterocycles. The predicted octanol–water partition coefficient (Wildman–Crippen LogP) is 3.80. The Hall–Kier alpha value is -1.11. The molecule has 1 rings (SSSR count). The van der Waals surface area contributed by atoms with Gasteiger partial charge in [0.15, 0.2) is 0 Å². The van der Waals surface area contributed by atoms with Crippen molar-refractivity contribution in [1.82, 2.24) is 4.98 Å². The van der Waals surface area contributed by atoms with E-state index in [0.29, 0.717) is 5.92 Å². The molecule has 76 valence electrons. The second-order valence-corrected chi connectivity index (χ2v) is 3.92. The van der Waals surface area contributed by atoms with E-state index in [-0.39, 0.29) is 0 Å². The summed E-state index contributed by atoms with van der Waals surface area (Å²) >= 11 is 0. The van der Waals surface area contributed by atoms with Crippen LogP contribution in [0.3, 0.4) is 0 Å². The van der Waals surface area contributed by atoms with Crippen LogP contribution in [0.1, 0.15) is 49.9 Å². The highest BCUT2D eigenvalue weighted by molar-refractivity contribution is 5.48. The molecule has 1 aromatic rings. The summed E-state index contributed by atoms with van der Waals surface area (Å²) in [6.45, 7) is 10.4. The molecule has 0 aliphatic carbocycles. The maximum absolute atomic E-state index is 4.42. The molecule has 1 nitrogen and oxygen atoms in total. The number of nitrogens with zero attached hydrogens (tertiary/aromatic N) is 1. The lowest BCUT2D eigenvalue weighted by molar-refractivity contribution is 0.840. The van der Waals surface area contributed by atoms with Crippen LogP contribution in [0.4, 0.5) is 0 Å². The smallest absolute Gasteiger partial charge is 0.0655 e. The first-order valence-corrected chi connectivity index (χ1v) is 5.30. The second kappa shape index (κ2) is 4.94. The van der Waals surface area contributed by atoms with Crippen molar-refractivity contribution in [3.63, 3.8) is 0 Å². The van der Waals surface area contributed by atoms with Crippen LogP contribution in [-0.2, 0) is 6.42 Å². The molecule has 1 heterocycles. The molecule has 0 aliphatic rings. The Balaban J connectivity index is 3.06. The van der Waals surface area contributed by atoms with Crippen molar-refractivity contribution in [3.05, 3.63) is 35.7 Å². The van der Waals surface area contributed by atoms with Crippen molar-refractivity contribution >= 4 is 6.08 Å². The number of aromatic nitrogens is 1. The van der Waals surface area contributed by atoms with Gasteiger partial charge in [-0.1, -0.05) is 39.8 Å². The zero-order chi connectivity index (χ0) is 10.6. The van der Waals surface area contributed by atoms with Crippen molar-refractivity contribution in [3.8, 4) is 0 Å². The highest BCUT2D eigenvalue weighted by Gasteiger charge is 2.04. The number of pyridine rings is 1. The van der Waals surface area contributed by atoms with Gasteiger partial charge in [-0.3, -0.25) is 4.98 Å². The maximum Gasteiger partial charge on any atom is 0.0655 e. The van der Waals surface area contributed by atoms with Gasteiger partial charge in [0.05, 0.1) is 5.69 Å². The van der Waals surface area contributed by atoms with Crippen molar-refractivity contribution in [1.29, 1.82) is 0 Å². The largest absolute Gasteiger partial charge is 0.256 e. The van der Waals surface area contributed by atoms with E-state index in [2.05, 4.69) is 38.4 Å². The minimum absolute atomic E-state index is 0.553. The van der Waals surface area contributed by atoms with Crippen LogP contribution in [0.2, 0.25) is 0 Å². The van der Waals surface area contributed by atoms with E-state index in [0.717, 1.165) is 18.5 Å². The zero-order valence-corrected chi connectivity index (χ0v) is 9.38. The second-order valence-electron chi connectivity index (χ2n) is 3.92. The van der Waals surface area contributed by atoms with E-state index in [9.17, 15) is 0 Å². The Bertz CT molecular complexity index is 313. The summed E-state index contributed by atoms with van der Waals surface area (Å²) in [4.78, 5) is 4.42. The fraction of sp³-hybridized carbons (Fsp3) is 0.462. The average Bonchev–Trinajstić information content (AvgIpc) is 2.18. The van der Waals surface area contributed by atoms with Crippen LogP contribution in [0.5, 0.6) is 0 Å². The Morgan fingerprint density at radius 2 is 2.21 bits per heavy atom. The van der Waals surface area contributed by atoms with Gasteiger partial charge in [-0.25, -0.2) is 0 Å². The Kier molecular flexibility index (Phi) is 3.87. The van der Waals surface area contributed by atoms with E-state index in [1.807, 2.05) is 12.3 Å². The van der Waals surface area contributed by atoms with Gasteiger partial charge in [0.1, 0.15) is 0 Å². The summed E-state index contributed by atoms with van der Waals surface area (Å²) in [5, 5.41) is 0. The Morgan fingerprint density at radius 3 is 2.71 bits per heavy atom. The molecule has 1 heteroatoms. The molecule has 0 spiro atoms. The molecule has 1 aromatic heterocycles. The fourth-order valence-corrected chi connectivity index (χ4v) is 1.51. The van der Waals surface area contributed by atoms with Crippen molar-refractivity contribution in [2.45, 2.75) is 39.5 Å². The standard InChI is InChI=1S/C13H19N/c1-5-7-11-8-12(10(3)4)9-14-13(11)6-2/h6,8-10H,2,5,7H2,1,3-4H3. The van der Waals surface area contributed by atoms with Crippen molar-refractivity contribution < 1.29 is 0 Å². The third-order valence-electron chi connectivity index (χ3n) is 2.40. The van der Waals surface area contributed by atoms with Crippen LogP contribution in [-0.4, -0.2) is 4.98 Å². The Labute approximate surface area is 86.9 Å². The van der Waals surface area contributed by atoms with Crippen LogP contribution < -0.4 is 0 Å². The summed E-state index contributed by atoms with van der Waals surface area (Å²) in [5.74, 6) is 0.553. The lowest BCUT2D eigenvalue weighted by atomic mass is 10.00. The molecule has 0 bridgehead atoms. The van der Waals surface area contributed by atoms with Gasteiger partial charge >= 0.3 is 0 Å². The normalized spacial score (nSPS) is 10.6. The molecule has 14 heavy (non-hydrogen) atoms. The van der Waals surface area contributed by atoms with E-state index >= 15 is 0 Å². The minimum atomic E-state index is 0.553. The van der Waals surface area contributed by atoms with Gasteiger partial charge in [0.25, 0.3) is 0 Å². The molecule has 0 atom stereocenters. The predicted molar refractivity (Wildman–Crippen MR) is 62.4 cm³/mol. The van der Waals surface area contributed by atoms with Gasteiger partial charge in [0, 0.05) is 6.20 Å². The van der Waals surface area contributed by atoms with Crippen LogP contribution in [0, 0.1) is 0 Å². The van der Waals surface area contributed by atoms with Gasteiger partial charge in [-0.2, -0.15) is 0 Å². The van der Waals surface area contributed by atoms with Crippen LogP contribution >= 0.6 is 0 Å². The summed E-state index contributed by atoms with van der Waals surface area (Å²) in [6, 6.07) is 2.26. The van der Waals surface area contributed by atoms with E-state index in [1.54, 1.807) is 0 Å². The first kappa shape index (κ1) is 11.0. The highest BCUT2D eigenvalue weighted by atomic mass is 14.7. The lowest BCUT2D eigenvalue weighted by Gasteiger charge is -2.09. The summed E-state index contributed by atoms with van der Waals surface area (Å²) in [7, 11) is 0. The van der Waals surface area contributed by atoms with Crippen LogP contribution in [0.25, 0.3) is 6.08 Å². The van der Waals surface area contributed by atoms with Gasteiger partial charge < -0.3 is 0 Å². The molecule has 0 fully saturated rings. The molecular formula is C13H19N. The molecule has 0 aromatic carbocycles. The first-order valence-electron chi connectivity index (χ1n) is 5.30. The number of hydrogen-bond acceptors (Lipinski definition) is 1. The highest BCUT2D eigenvalue weighted by Crippen LogP contribution is 2.18. The molecule has 0 radical (unpaired) electrons. The van der Waals surface area contributed by atoms with Gasteiger partial charge in [-0.15, -0.1) is 0 Å². The molecule has 0 saturated carbocycles. The fourth-order valence-electron chi connectivity index (χ4n) is 1.51. The van der Waals surface area contributed by atoms with Gasteiger partial charge in [0.2, 0.25) is 0 Å². The quantitative estimate of drug-likeness (QED) is 0.702. The van der Waals surface area contributed by atoms with Crippen molar-refractivity contribution in [2.24, 2.45) is 0 Å². The number of hydrogen-bond donors (Lipinski definition) is 0. The first-order chi connectivity index (χ1) is 6.69. The van der Waals surface area contributed by atoms with Gasteiger partial charge in [-0.05, 0) is 29.5 Å². The summed E-state index contributed by atoms with van der Waals surface area (Å²) in [6.07, 6.45) is 6.05. The molecule has 0 amide bonds. The average molecular weight is 189 g/mol. The topological polar surface area (TPSA) is 12.9 Å². The van der Waals surface area contributed by atoms with E-state index in [1.165, 1.54) is 11.1 Å². The third kappa shape index (κ3) is 2.44. The molecular weight excluding hydrogens is 170 g/mol. The van der Waals surface area contributed by atoms with E-state index < -0.39 is 0 Å². The number of rotatable bonds is 4. The zero-order valence-electron chi connectivity index (χ0n) is 9.38. The Morgan fingerprint density at radius 1 is 1.50 bits per heavy atom. The molecule has 0 unspecified atom stereocenters. The monoisotopic (exact) mass is 189 g/mol. The number of aryl methyl sites for hydroxylation is 1. The van der Waals surface area contributed by atoms with E-state index in [4.69, 9.17) is 0 Å². The summed E-state index contributed by atoms with van der Waals surface area (Å²) in [5.41, 5.74) is 3.68. The SMILES string of the molecule is C=Cc1ncc(C(C)C)cc1CCC. The van der Waals surface area contributed by atoms with Crippen molar-refractivity contribution in [2.75, 3.05) is 0 Å². The third-order valence-corrected chi connectivity index (χ3v) is 2.40. The lowest BCUT2D eigenvalue weighted by Crippen LogP contribution is -1.97. The molecule has 0 N–H and O–H groups in total. The maximum atomic E-state index is 4.42. The summed E-state index contributed by atoms with van der Waals surface area (Å²) < 4.78 is 0. The minimum Gasteiger partial charge on any atom is -0.256 e. The van der Waals surface area contributed by atoms with Crippen LogP contribution in [0.15, 0.2) is 18.8 Å².